The maximum Gasteiger partial charge on any atom is 0.269 e. The van der Waals surface area contributed by atoms with E-state index in [0.717, 1.165) is 39.7 Å². The smallest absolute Gasteiger partial charge is 0.269 e. The standard InChI is InChI=1S/C25H20N2O2/c1-3-16-10-13-20-21(14-16)27(17-11-8-15(2)9-12-17)25(29)22-23(26-20)18-6-4-5-7-19(18)24(22)28/h4-14,26H,3H2,1-2H3. The molecule has 0 radical (unpaired) electrons. The van der Waals surface area contributed by atoms with Crippen molar-refractivity contribution in [2.24, 2.45) is 0 Å². The third-order valence-electron chi connectivity index (χ3n) is 5.60. The van der Waals surface area contributed by atoms with E-state index in [1.807, 2.05) is 61.5 Å². The second-order valence-electron chi connectivity index (χ2n) is 7.43. The predicted molar refractivity (Wildman–Crippen MR) is 117 cm³/mol. The van der Waals surface area contributed by atoms with Crippen LogP contribution in [0.3, 0.4) is 0 Å². The number of hydrogen-bond acceptors (Lipinski definition) is 2. The average Bonchev–Trinajstić information content (AvgIpc) is 2.94. The molecule has 4 nitrogen and oxygen atoms in total. The summed E-state index contributed by atoms with van der Waals surface area (Å²) < 4.78 is 1.66. The van der Waals surface area contributed by atoms with E-state index >= 15 is 0 Å². The van der Waals surface area contributed by atoms with E-state index in [0.29, 0.717) is 10.7 Å². The fourth-order valence-electron chi connectivity index (χ4n) is 4.01. The zero-order valence-corrected chi connectivity index (χ0v) is 16.3. The number of rotatable bonds is 2. The molecule has 0 amide bonds. The number of nitrogens with one attached hydrogen (secondary N) is 1. The van der Waals surface area contributed by atoms with E-state index in [9.17, 15) is 9.59 Å². The molecule has 0 bridgehead atoms. The third kappa shape index (κ3) is 2.60. The minimum absolute atomic E-state index is 0.195. The zero-order valence-electron chi connectivity index (χ0n) is 16.3. The first-order valence-corrected chi connectivity index (χ1v) is 9.78. The van der Waals surface area contributed by atoms with Gasteiger partial charge < -0.3 is 4.98 Å². The van der Waals surface area contributed by atoms with Crippen LogP contribution in [0.25, 0.3) is 27.5 Å². The van der Waals surface area contributed by atoms with Gasteiger partial charge in [0.05, 0.1) is 16.4 Å². The van der Waals surface area contributed by atoms with E-state index in [1.165, 1.54) is 0 Å². The van der Waals surface area contributed by atoms with Crippen LogP contribution in [0.1, 0.15) is 18.1 Å². The fourth-order valence-corrected chi connectivity index (χ4v) is 4.01. The lowest BCUT2D eigenvalue weighted by atomic mass is 10.1. The van der Waals surface area contributed by atoms with Crippen LogP contribution < -0.4 is 11.0 Å². The Morgan fingerprint density at radius 3 is 2.34 bits per heavy atom. The Hall–Kier alpha value is -3.66. The van der Waals surface area contributed by atoms with Gasteiger partial charge in [-0.25, -0.2) is 0 Å². The fraction of sp³-hybridized carbons (Fsp3) is 0.120. The topological polar surface area (TPSA) is 54.9 Å². The molecule has 1 N–H and O–H groups in total. The zero-order chi connectivity index (χ0) is 20.1. The average molecular weight is 380 g/mol. The van der Waals surface area contributed by atoms with E-state index in [1.54, 1.807) is 10.6 Å². The van der Waals surface area contributed by atoms with Gasteiger partial charge in [-0.1, -0.05) is 55.0 Å². The normalized spacial score (nSPS) is 11.5. The van der Waals surface area contributed by atoms with Gasteiger partial charge in [-0.3, -0.25) is 14.2 Å². The summed E-state index contributed by atoms with van der Waals surface area (Å²) in [6.07, 6.45) is 0.859. The molecule has 0 unspecified atom stereocenters. The van der Waals surface area contributed by atoms with Gasteiger partial charge in [0.25, 0.3) is 5.56 Å². The molecule has 4 heteroatoms. The highest BCUT2D eigenvalue weighted by atomic mass is 16.1. The van der Waals surface area contributed by atoms with Crippen molar-refractivity contribution in [3.05, 3.63) is 109 Å². The Balaban J connectivity index is 2.11. The van der Waals surface area contributed by atoms with E-state index in [2.05, 4.69) is 18.0 Å². The monoisotopic (exact) mass is 380 g/mol. The third-order valence-corrected chi connectivity index (χ3v) is 5.60. The maximum atomic E-state index is 13.8. The van der Waals surface area contributed by atoms with Gasteiger partial charge in [0.15, 0.2) is 0 Å². The SMILES string of the molecule is CCc1ccc2[nH]c3c4ccccc4c(=O)c=3c(=O)n(-c3ccc(C)cc3)c2c1. The number of nitrogens with zero attached hydrogens (tertiary/aromatic N) is 1. The highest BCUT2D eigenvalue weighted by Crippen LogP contribution is 2.20. The Morgan fingerprint density at radius 1 is 0.897 bits per heavy atom. The van der Waals surface area contributed by atoms with Crippen molar-refractivity contribution < 1.29 is 0 Å². The summed E-state index contributed by atoms with van der Waals surface area (Å²) in [7, 11) is 0. The minimum Gasteiger partial charge on any atom is -0.353 e. The van der Waals surface area contributed by atoms with Crippen molar-refractivity contribution >= 4 is 21.8 Å². The minimum atomic E-state index is -0.301. The van der Waals surface area contributed by atoms with Crippen LogP contribution >= 0.6 is 0 Å². The first kappa shape index (κ1) is 17.4. The summed E-state index contributed by atoms with van der Waals surface area (Å²) >= 11 is 0. The van der Waals surface area contributed by atoms with Crippen molar-refractivity contribution in [3.8, 4) is 5.69 Å². The van der Waals surface area contributed by atoms with Gasteiger partial charge in [0.1, 0.15) is 5.22 Å². The van der Waals surface area contributed by atoms with E-state index in [4.69, 9.17) is 0 Å². The summed E-state index contributed by atoms with van der Waals surface area (Å²) in [4.78, 5) is 30.3. The summed E-state index contributed by atoms with van der Waals surface area (Å²) in [5.41, 5.74) is 4.03. The number of H-pyrrole nitrogens is 1. The summed E-state index contributed by atoms with van der Waals surface area (Å²) in [5, 5.41) is 2.13. The van der Waals surface area contributed by atoms with Gasteiger partial charge in [0.2, 0.25) is 5.43 Å². The van der Waals surface area contributed by atoms with Crippen LogP contribution in [-0.2, 0) is 6.42 Å². The lowest BCUT2D eigenvalue weighted by molar-refractivity contribution is 1.03. The number of aryl methyl sites for hydroxylation is 2. The molecule has 5 rings (SSSR count). The molecule has 0 aromatic heterocycles. The van der Waals surface area contributed by atoms with Crippen molar-refractivity contribution in [1.82, 2.24) is 9.55 Å². The second kappa shape index (κ2) is 6.45. The van der Waals surface area contributed by atoms with Gasteiger partial charge in [0, 0.05) is 16.5 Å². The highest BCUT2D eigenvalue weighted by Gasteiger charge is 2.14. The molecule has 1 aliphatic carbocycles. The first-order chi connectivity index (χ1) is 14.1. The van der Waals surface area contributed by atoms with Crippen LogP contribution in [0, 0.1) is 17.5 Å². The first-order valence-electron chi connectivity index (χ1n) is 9.78. The lowest BCUT2D eigenvalue weighted by Gasteiger charge is -2.09. The molecule has 0 fully saturated rings. The van der Waals surface area contributed by atoms with E-state index in [-0.39, 0.29) is 16.2 Å². The highest BCUT2D eigenvalue weighted by molar-refractivity contribution is 5.85. The Labute approximate surface area is 166 Å². The summed E-state index contributed by atoms with van der Waals surface area (Å²) in [6.45, 7) is 4.10. The van der Waals surface area contributed by atoms with Crippen LogP contribution in [0.15, 0.2) is 76.3 Å². The summed E-state index contributed by atoms with van der Waals surface area (Å²) in [6, 6.07) is 21.2. The largest absolute Gasteiger partial charge is 0.353 e. The van der Waals surface area contributed by atoms with Crippen LogP contribution in [0.2, 0.25) is 0 Å². The molecule has 3 aromatic carbocycles. The molecule has 0 saturated heterocycles. The Bertz CT molecular complexity index is 1570. The maximum absolute atomic E-state index is 13.8. The molecule has 0 spiro atoms. The van der Waals surface area contributed by atoms with Crippen molar-refractivity contribution in [3.63, 3.8) is 0 Å². The number of aromatic amines is 1. The molecule has 29 heavy (non-hydrogen) atoms. The van der Waals surface area contributed by atoms with Crippen molar-refractivity contribution in [1.29, 1.82) is 0 Å². The van der Waals surface area contributed by atoms with Crippen LogP contribution in [0.5, 0.6) is 0 Å². The molecule has 3 aromatic rings. The van der Waals surface area contributed by atoms with E-state index < -0.39 is 0 Å². The lowest BCUT2D eigenvalue weighted by Crippen LogP contribution is -2.21. The molecule has 142 valence electrons. The van der Waals surface area contributed by atoms with Crippen LogP contribution in [0.4, 0.5) is 0 Å². The van der Waals surface area contributed by atoms with Gasteiger partial charge in [-0.15, -0.1) is 0 Å². The molecule has 0 atom stereocenters. The Morgan fingerprint density at radius 2 is 1.62 bits per heavy atom. The molecular weight excluding hydrogens is 360 g/mol. The van der Waals surface area contributed by atoms with Crippen LogP contribution in [-0.4, -0.2) is 9.55 Å². The number of hydrogen-bond donors (Lipinski definition) is 1. The molecule has 0 saturated carbocycles. The van der Waals surface area contributed by atoms with Gasteiger partial charge >= 0.3 is 0 Å². The Kier molecular flexibility index (Phi) is 3.88. The van der Waals surface area contributed by atoms with Crippen molar-refractivity contribution in [2.75, 3.05) is 0 Å². The molecule has 1 aliphatic heterocycles. The number of fused-ring (bicyclic) bond motifs is 3. The van der Waals surface area contributed by atoms with Crippen molar-refractivity contribution in [2.45, 2.75) is 20.3 Å². The summed E-state index contributed by atoms with van der Waals surface area (Å²) in [5.74, 6) is 0. The quantitative estimate of drug-likeness (QED) is 0.493. The van der Waals surface area contributed by atoms with Gasteiger partial charge in [-0.05, 0) is 43.2 Å². The predicted octanol–water partition coefficient (Wildman–Crippen LogP) is 4.43. The number of benzene rings is 3. The molecule has 1 heterocycles. The molecule has 2 aliphatic rings. The molecular formula is C25H20N2O2. The number of aromatic nitrogens is 2. The van der Waals surface area contributed by atoms with Gasteiger partial charge in [-0.2, -0.15) is 0 Å². The second-order valence-corrected chi connectivity index (χ2v) is 7.43.